The molecule has 0 radical (unpaired) electrons. The molecule has 0 spiro atoms. The minimum atomic E-state index is -0.0655. The minimum absolute atomic E-state index is 0. The molecule has 1 aromatic carbocycles. The molecule has 0 fully saturated rings. The fraction of sp³-hybridized carbons (Fsp3) is 0.364. The van der Waals surface area contributed by atoms with Gasteiger partial charge in [0.15, 0.2) is 0 Å². The van der Waals surface area contributed by atoms with Gasteiger partial charge in [0.1, 0.15) is 0 Å². The summed E-state index contributed by atoms with van der Waals surface area (Å²) < 4.78 is 0. The number of benzene rings is 1. The van der Waals surface area contributed by atoms with Crippen LogP contribution in [-0.2, 0) is 11.3 Å². The van der Waals surface area contributed by atoms with Crippen LogP contribution in [0.2, 0.25) is 0 Å². The first-order valence-electron chi connectivity index (χ1n) is 4.99. The van der Waals surface area contributed by atoms with Gasteiger partial charge in [0.25, 0.3) is 0 Å². The van der Waals surface area contributed by atoms with E-state index < -0.39 is 0 Å². The fourth-order valence-corrected chi connectivity index (χ4v) is 1.38. The van der Waals surface area contributed by atoms with Crippen molar-refractivity contribution in [1.82, 2.24) is 4.90 Å². The molecule has 1 rings (SSSR count). The third kappa shape index (κ3) is 4.61. The van der Waals surface area contributed by atoms with Crippen LogP contribution in [0.15, 0.2) is 30.3 Å². The second-order valence-corrected chi connectivity index (χ2v) is 3.29. The molecule has 0 aliphatic rings. The SMILES string of the molecule is Cl.NCCN(Cc1ccccc1)C(=O)CN. The van der Waals surface area contributed by atoms with Gasteiger partial charge in [-0.15, -0.1) is 12.4 Å². The summed E-state index contributed by atoms with van der Waals surface area (Å²) >= 11 is 0. The lowest BCUT2D eigenvalue weighted by atomic mass is 10.2. The molecule has 0 atom stereocenters. The van der Waals surface area contributed by atoms with E-state index >= 15 is 0 Å². The third-order valence-electron chi connectivity index (χ3n) is 2.14. The van der Waals surface area contributed by atoms with Crippen LogP contribution in [0.5, 0.6) is 0 Å². The van der Waals surface area contributed by atoms with Crippen molar-refractivity contribution in [3.63, 3.8) is 0 Å². The lowest BCUT2D eigenvalue weighted by Crippen LogP contribution is -2.38. The molecule has 90 valence electrons. The van der Waals surface area contributed by atoms with Crippen LogP contribution in [0.4, 0.5) is 0 Å². The van der Waals surface area contributed by atoms with E-state index in [4.69, 9.17) is 11.5 Å². The van der Waals surface area contributed by atoms with E-state index in [-0.39, 0.29) is 24.9 Å². The Labute approximate surface area is 102 Å². The van der Waals surface area contributed by atoms with Crippen LogP contribution >= 0.6 is 12.4 Å². The molecule has 16 heavy (non-hydrogen) atoms. The standard InChI is InChI=1S/C11H17N3O.ClH/c12-6-7-14(11(15)8-13)9-10-4-2-1-3-5-10;/h1-5H,6-9,12-13H2;1H. The highest BCUT2D eigenvalue weighted by atomic mass is 35.5. The summed E-state index contributed by atoms with van der Waals surface area (Å²) in [5.74, 6) is -0.0655. The first-order valence-corrected chi connectivity index (χ1v) is 4.99. The summed E-state index contributed by atoms with van der Waals surface area (Å²) in [5.41, 5.74) is 11.9. The average Bonchev–Trinajstić information content (AvgIpc) is 2.29. The Hall–Kier alpha value is -1.10. The quantitative estimate of drug-likeness (QED) is 0.784. The average molecular weight is 244 g/mol. The van der Waals surface area contributed by atoms with Crippen LogP contribution in [0.3, 0.4) is 0 Å². The predicted molar refractivity (Wildman–Crippen MR) is 67.2 cm³/mol. The molecule has 4 N–H and O–H groups in total. The van der Waals surface area contributed by atoms with Crippen molar-refractivity contribution < 1.29 is 4.79 Å². The monoisotopic (exact) mass is 243 g/mol. The highest BCUT2D eigenvalue weighted by Crippen LogP contribution is 2.03. The summed E-state index contributed by atoms with van der Waals surface area (Å²) in [4.78, 5) is 13.1. The van der Waals surface area contributed by atoms with Crippen LogP contribution in [0, 0.1) is 0 Å². The van der Waals surface area contributed by atoms with Crippen molar-refractivity contribution in [1.29, 1.82) is 0 Å². The number of hydrogen-bond acceptors (Lipinski definition) is 3. The number of nitrogens with zero attached hydrogens (tertiary/aromatic N) is 1. The summed E-state index contributed by atoms with van der Waals surface area (Å²) in [6.07, 6.45) is 0. The van der Waals surface area contributed by atoms with Gasteiger partial charge in [-0.1, -0.05) is 30.3 Å². The third-order valence-corrected chi connectivity index (χ3v) is 2.14. The van der Waals surface area contributed by atoms with E-state index in [9.17, 15) is 4.79 Å². The van der Waals surface area contributed by atoms with Crippen molar-refractivity contribution in [3.05, 3.63) is 35.9 Å². The maximum Gasteiger partial charge on any atom is 0.236 e. The molecule has 0 heterocycles. The maximum atomic E-state index is 11.5. The summed E-state index contributed by atoms with van der Waals surface area (Å²) in [6, 6.07) is 9.80. The number of hydrogen-bond donors (Lipinski definition) is 2. The normalized spacial score (nSPS) is 9.38. The first-order chi connectivity index (χ1) is 7.27. The highest BCUT2D eigenvalue weighted by molar-refractivity contribution is 5.85. The molecule has 1 aromatic rings. The van der Waals surface area contributed by atoms with Gasteiger partial charge in [-0.3, -0.25) is 4.79 Å². The molecule has 0 saturated heterocycles. The molecular formula is C11H18ClN3O. The number of amides is 1. The highest BCUT2D eigenvalue weighted by Gasteiger charge is 2.10. The number of carbonyl (C=O) groups is 1. The zero-order valence-corrected chi connectivity index (χ0v) is 9.95. The Bertz CT molecular complexity index is 305. The van der Waals surface area contributed by atoms with Crippen molar-refractivity contribution in [3.8, 4) is 0 Å². The van der Waals surface area contributed by atoms with Gasteiger partial charge in [0.2, 0.25) is 5.91 Å². The molecule has 5 heteroatoms. The van der Waals surface area contributed by atoms with E-state index in [0.717, 1.165) is 5.56 Å². The topological polar surface area (TPSA) is 72.3 Å². The van der Waals surface area contributed by atoms with Crippen molar-refractivity contribution in [2.75, 3.05) is 19.6 Å². The lowest BCUT2D eigenvalue weighted by molar-refractivity contribution is -0.130. The minimum Gasteiger partial charge on any atom is -0.336 e. The molecule has 0 aliphatic heterocycles. The van der Waals surface area contributed by atoms with E-state index in [1.54, 1.807) is 4.90 Å². The number of halogens is 1. The molecule has 1 amide bonds. The molecule has 0 bridgehead atoms. The van der Waals surface area contributed by atoms with Gasteiger partial charge >= 0.3 is 0 Å². The molecule has 0 aromatic heterocycles. The van der Waals surface area contributed by atoms with Crippen molar-refractivity contribution in [2.24, 2.45) is 11.5 Å². The molecule has 0 unspecified atom stereocenters. The second-order valence-electron chi connectivity index (χ2n) is 3.29. The Balaban J connectivity index is 0.00000225. The summed E-state index contributed by atoms with van der Waals surface area (Å²) in [7, 11) is 0. The second kappa shape index (κ2) is 8.10. The fourth-order valence-electron chi connectivity index (χ4n) is 1.38. The molecular weight excluding hydrogens is 226 g/mol. The Kier molecular flexibility index (Phi) is 7.54. The van der Waals surface area contributed by atoms with Gasteiger partial charge in [0, 0.05) is 19.6 Å². The van der Waals surface area contributed by atoms with Gasteiger partial charge in [0.05, 0.1) is 6.54 Å². The summed E-state index contributed by atoms with van der Waals surface area (Å²) in [5, 5.41) is 0. The van der Waals surface area contributed by atoms with Gasteiger partial charge in [-0.25, -0.2) is 0 Å². The zero-order chi connectivity index (χ0) is 11.1. The van der Waals surface area contributed by atoms with Crippen molar-refractivity contribution >= 4 is 18.3 Å². The van der Waals surface area contributed by atoms with Crippen LogP contribution < -0.4 is 11.5 Å². The van der Waals surface area contributed by atoms with Crippen LogP contribution in [-0.4, -0.2) is 30.4 Å². The largest absolute Gasteiger partial charge is 0.336 e. The van der Waals surface area contributed by atoms with E-state index in [2.05, 4.69) is 0 Å². The van der Waals surface area contributed by atoms with Crippen LogP contribution in [0.25, 0.3) is 0 Å². The Morgan fingerprint density at radius 3 is 2.31 bits per heavy atom. The van der Waals surface area contributed by atoms with E-state index in [0.29, 0.717) is 19.6 Å². The zero-order valence-electron chi connectivity index (χ0n) is 9.13. The number of carbonyl (C=O) groups excluding carboxylic acids is 1. The smallest absolute Gasteiger partial charge is 0.236 e. The maximum absolute atomic E-state index is 11.5. The molecule has 4 nitrogen and oxygen atoms in total. The molecule has 0 aliphatic carbocycles. The number of rotatable bonds is 5. The van der Waals surface area contributed by atoms with E-state index in [1.807, 2.05) is 30.3 Å². The lowest BCUT2D eigenvalue weighted by Gasteiger charge is -2.21. The number of nitrogens with two attached hydrogens (primary N) is 2. The van der Waals surface area contributed by atoms with Gasteiger partial charge < -0.3 is 16.4 Å². The van der Waals surface area contributed by atoms with Crippen LogP contribution in [0.1, 0.15) is 5.56 Å². The van der Waals surface area contributed by atoms with Gasteiger partial charge in [-0.05, 0) is 5.56 Å². The predicted octanol–water partition coefficient (Wildman–Crippen LogP) is 0.354. The Morgan fingerprint density at radius 2 is 1.81 bits per heavy atom. The van der Waals surface area contributed by atoms with Gasteiger partial charge in [-0.2, -0.15) is 0 Å². The first kappa shape index (κ1) is 14.9. The summed E-state index contributed by atoms with van der Waals surface area (Å²) in [6.45, 7) is 1.62. The Morgan fingerprint density at radius 1 is 1.19 bits per heavy atom. The molecule has 0 saturated carbocycles. The van der Waals surface area contributed by atoms with E-state index in [1.165, 1.54) is 0 Å². The van der Waals surface area contributed by atoms with Crippen molar-refractivity contribution in [2.45, 2.75) is 6.54 Å².